The second-order valence-electron chi connectivity index (χ2n) is 7.71. The van der Waals surface area contributed by atoms with Crippen molar-refractivity contribution in [3.63, 3.8) is 0 Å². The van der Waals surface area contributed by atoms with E-state index in [4.69, 9.17) is 14.2 Å². The molecule has 0 aromatic heterocycles. The Kier molecular flexibility index (Phi) is 14.6. The molecular formula is C28H36Br2O3. The highest BCUT2D eigenvalue weighted by atomic mass is 79.9. The molecule has 0 saturated heterocycles. The van der Waals surface area contributed by atoms with Crippen LogP contribution in [0.25, 0.3) is 0 Å². The van der Waals surface area contributed by atoms with Crippen molar-refractivity contribution in [1.29, 1.82) is 0 Å². The Morgan fingerprint density at radius 2 is 1.09 bits per heavy atom. The van der Waals surface area contributed by atoms with Gasteiger partial charge in [-0.05, 0) is 48.9 Å². The van der Waals surface area contributed by atoms with E-state index in [0.717, 1.165) is 58.6 Å². The molecule has 2 aromatic carbocycles. The van der Waals surface area contributed by atoms with E-state index in [1.807, 2.05) is 36.4 Å². The van der Waals surface area contributed by atoms with Crippen LogP contribution in [0.4, 0.5) is 0 Å². The molecule has 180 valence electrons. The van der Waals surface area contributed by atoms with Crippen molar-refractivity contribution in [3.8, 4) is 0 Å². The van der Waals surface area contributed by atoms with E-state index in [-0.39, 0.29) is 12.6 Å². The predicted molar refractivity (Wildman–Crippen MR) is 144 cm³/mol. The number of benzene rings is 2. The smallest absolute Gasteiger partial charge is 0.161 e. The van der Waals surface area contributed by atoms with Crippen LogP contribution in [-0.4, -0.2) is 12.6 Å². The zero-order valence-corrected chi connectivity index (χ0v) is 22.9. The molecule has 33 heavy (non-hydrogen) atoms. The summed E-state index contributed by atoms with van der Waals surface area (Å²) in [5.74, 6) is 0. The van der Waals surface area contributed by atoms with Crippen LogP contribution in [0.15, 0.2) is 81.8 Å². The van der Waals surface area contributed by atoms with Gasteiger partial charge in [0.25, 0.3) is 0 Å². The van der Waals surface area contributed by atoms with E-state index < -0.39 is 0 Å². The Balaban J connectivity index is 2.05. The summed E-state index contributed by atoms with van der Waals surface area (Å²) >= 11 is 7.22. The van der Waals surface area contributed by atoms with E-state index in [0.29, 0.717) is 13.2 Å². The van der Waals surface area contributed by atoms with Crippen molar-refractivity contribution < 1.29 is 14.2 Å². The Morgan fingerprint density at radius 3 is 1.48 bits per heavy atom. The molecule has 5 heteroatoms. The summed E-state index contributed by atoms with van der Waals surface area (Å²) in [7, 11) is 0. The first-order valence-electron chi connectivity index (χ1n) is 11.8. The highest BCUT2D eigenvalue weighted by molar-refractivity contribution is 9.10. The molecule has 2 unspecified atom stereocenters. The fraction of sp³-hybridized carbons (Fsp3) is 0.429. The van der Waals surface area contributed by atoms with Gasteiger partial charge in [0, 0.05) is 21.8 Å². The third-order valence-electron chi connectivity index (χ3n) is 5.01. The van der Waals surface area contributed by atoms with Crippen LogP contribution in [-0.2, 0) is 27.4 Å². The maximum atomic E-state index is 6.39. The van der Waals surface area contributed by atoms with Crippen molar-refractivity contribution in [3.05, 3.63) is 92.9 Å². The maximum Gasteiger partial charge on any atom is 0.161 e. The molecule has 0 radical (unpaired) electrons. The molecule has 0 amide bonds. The largest absolute Gasteiger partial charge is 0.348 e. The standard InChI is InChI=1S/C28H36Br2O3/c1-3-5-7-9-19-27(31-21-23-15-11-13-17-25(23)29)33-28(20-10-8-6-4-2)32-22-24-16-12-14-18-26(24)30/h5-8,11-18,27-28H,3-4,9-10,19-22H2,1-2H3. The quantitative estimate of drug-likeness (QED) is 0.146. The van der Waals surface area contributed by atoms with Crippen molar-refractivity contribution in [2.45, 2.75) is 78.2 Å². The zero-order chi connectivity index (χ0) is 23.7. The highest BCUT2D eigenvalue weighted by Crippen LogP contribution is 2.22. The summed E-state index contributed by atoms with van der Waals surface area (Å²) in [6, 6.07) is 16.2. The van der Waals surface area contributed by atoms with Crippen LogP contribution >= 0.6 is 31.9 Å². The summed E-state index contributed by atoms with van der Waals surface area (Å²) in [6.07, 6.45) is 13.5. The maximum absolute atomic E-state index is 6.39. The van der Waals surface area contributed by atoms with Crippen molar-refractivity contribution in [2.24, 2.45) is 0 Å². The van der Waals surface area contributed by atoms with Crippen molar-refractivity contribution in [2.75, 3.05) is 0 Å². The summed E-state index contributed by atoms with van der Waals surface area (Å²) in [5.41, 5.74) is 2.21. The molecule has 0 spiro atoms. The fourth-order valence-corrected chi connectivity index (χ4v) is 3.98. The Bertz CT molecular complexity index is 781. The summed E-state index contributed by atoms with van der Waals surface area (Å²) in [4.78, 5) is 0. The average molecular weight is 580 g/mol. The summed E-state index contributed by atoms with van der Waals surface area (Å²) in [6.45, 7) is 5.25. The SMILES string of the molecule is CCC=CCCC(OCc1ccccc1Br)OC(CCC=CCC)OCc1ccccc1Br. The monoisotopic (exact) mass is 578 g/mol. The zero-order valence-electron chi connectivity index (χ0n) is 19.7. The van der Waals surface area contributed by atoms with Crippen molar-refractivity contribution in [1.82, 2.24) is 0 Å². The second kappa shape index (κ2) is 17.2. The number of hydrogen-bond donors (Lipinski definition) is 0. The van der Waals surface area contributed by atoms with Gasteiger partial charge in [-0.2, -0.15) is 0 Å². The first kappa shape index (κ1) is 28.0. The van der Waals surface area contributed by atoms with Gasteiger partial charge in [-0.25, -0.2) is 0 Å². The number of rotatable bonds is 16. The number of halogens is 2. The highest BCUT2D eigenvalue weighted by Gasteiger charge is 2.18. The van der Waals surface area contributed by atoms with E-state index in [1.165, 1.54) is 0 Å². The van der Waals surface area contributed by atoms with Gasteiger partial charge >= 0.3 is 0 Å². The van der Waals surface area contributed by atoms with Gasteiger partial charge in [-0.1, -0.05) is 106 Å². The van der Waals surface area contributed by atoms with Gasteiger partial charge in [0.05, 0.1) is 13.2 Å². The average Bonchev–Trinajstić information content (AvgIpc) is 2.82. The molecular weight excluding hydrogens is 544 g/mol. The van der Waals surface area contributed by atoms with Gasteiger partial charge in [-0.3, -0.25) is 0 Å². The molecule has 3 nitrogen and oxygen atoms in total. The van der Waals surface area contributed by atoms with Crippen LogP contribution in [0.1, 0.15) is 63.5 Å². The summed E-state index contributed by atoms with van der Waals surface area (Å²) in [5, 5.41) is 0. The van der Waals surface area contributed by atoms with Crippen LogP contribution < -0.4 is 0 Å². The first-order valence-corrected chi connectivity index (χ1v) is 13.4. The lowest BCUT2D eigenvalue weighted by molar-refractivity contribution is -0.255. The van der Waals surface area contributed by atoms with E-state index in [2.05, 4.69) is 82.1 Å². The molecule has 2 rings (SSSR count). The lowest BCUT2D eigenvalue weighted by atomic mass is 10.2. The van der Waals surface area contributed by atoms with Crippen molar-refractivity contribution >= 4 is 31.9 Å². The molecule has 0 aliphatic heterocycles. The lowest BCUT2D eigenvalue weighted by Gasteiger charge is -2.25. The molecule has 0 heterocycles. The second-order valence-corrected chi connectivity index (χ2v) is 9.42. The van der Waals surface area contributed by atoms with Gasteiger partial charge < -0.3 is 14.2 Å². The third kappa shape index (κ3) is 11.6. The van der Waals surface area contributed by atoms with E-state index in [1.54, 1.807) is 0 Å². The fourth-order valence-electron chi connectivity index (χ4n) is 3.18. The van der Waals surface area contributed by atoms with E-state index >= 15 is 0 Å². The molecule has 0 fully saturated rings. The first-order chi connectivity index (χ1) is 16.1. The predicted octanol–water partition coefficient (Wildman–Crippen LogP) is 9.11. The van der Waals surface area contributed by atoms with Gasteiger partial charge in [-0.15, -0.1) is 0 Å². The number of allylic oxidation sites excluding steroid dienone is 4. The van der Waals surface area contributed by atoms with Crippen LogP contribution in [0.3, 0.4) is 0 Å². The third-order valence-corrected chi connectivity index (χ3v) is 6.56. The lowest BCUT2D eigenvalue weighted by Crippen LogP contribution is -2.27. The minimum absolute atomic E-state index is 0.349. The molecule has 0 saturated carbocycles. The number of ether oxygens (including phenoxy) is 3. The minimum Gasteiger partial charge on any atom is -0.348 e. The Hall–Kier alpha value is -1.24. The van der Waals surface area contributed by atoms with Crippen LogP contribution in [0, 0.1) is 0 Å². The van der Waals surface area contributed by atoms with Gasteiger partial charge in [0.1, 0.15) is 0 Å². The van der Waals surface area contributed by atoms with E-state index in [9.17, 15) is 0 Å². The molecule has 0 aliphatic rings. The van der Waals surface area contributed by atoms with Gasteiger partial charge in [0.15, 0.2) is 12.6 Å². The summed E-state index contributed by atoms with van der Waals surface area (Å²) < 4.78 is 20.9. The molecule has 0 bridgehead atoms. The van der Waals surface area contributed by atoms with Crippen LogP contribution in [0.2, 0.25) is 0 Å². The Morgan fingerprint density at radius 1 is 0.667 bits per heavy atom. The molecule has 2 atom stereocenters. The van der Waals surface area contributed by atoms with Gasteiger partial charge in [0.2, 0.25) is 0 Å². The van der Waals surface area contributed by atoms with Crippen LogP contribution in [0.5, 0.6) is 0 Å². The normalized spacial score (nSPS) is 13.7. The number of hydrogen-bond acceptors (Lipinski definition) is 3. The minimum atomic E-state index is -0.349. The Labute approximate surface area is 216 Å². The molecule has 0 aliphatic carbocycles. The topological polar surface area (TPSA) is 27.7 Å². The molecule has 2 aromatic rings. The molecule has 0 N–H and O–H groups in total.